The van der Waals surface area contributed by atoms with Crippen molar-refractivity contribution in [2.75, 3.05) is 13.1 Å². The van der Waals surface area contributed by atoms with E-state index in [2.05, 4.69) is 21.2 Å². The summed E-state index contributed by atoms with van der Waals surface area (Å²) in [7, 11) is 0. The first-order valence-electron chi connectivity index (χ1n) is 6.50. The van der Waals surface area contributed by atoms with E-state index in [1.807, 2.05) is 18.2 Å². The maximum absolute atomic E-state index is 14.1. The van der Waals surface area contributed by atoms with Crippen molar-refractivity contribution in [1.29, 1.82) is 0 Å². The van der Waals surface area contributed by atoms with Gasteiger partial charge in [-0.05, 0) is 41.8 Å². The Morgan fingerprint density at radius 2 is 1.85 bits per heavy atom. The normalized spacial score (nSPS) is 16.8. The molecule has 1 fully saturated rings. The fourth-order valence-corrected chi connectivity index (χ4v) is 3.35. The highest BCUT2D eigenvalue weighted by atomic mass is 79.9. The Bertz CT molecular complexity index is 618. The van der Waals surface area contributed by atoms with E-state index in [1.165, 1.54) is 18.2 Å². The van der Waals surface area contributed by atoms with Crippen LogP contribution in [0.2, 0.25) is 0 Å². The van der Waals surface area contributed by atoms with Crippen LogP contribution in [0.1, 0.15) is 11.1 Å². The predicted molar refractivity (Wildman–Crippen MR) is 78.8 cm³/mol. The molecule has 104 valence electrons. The topological polar surface area (TPSA) is 12.0 Å². The maximum Gasteiger partial charge on any atom is 0.127 e. The third-order valence-electron chi connectivity index (χ3n) is 3.84. The van der Waals surface area contributed by atoms with E-state index in [9.17, 15) is 8.78 Å². The second-order valence-electron chi connectivity index (χ2n) is 5.32. The molecule has 0 saturated carbocycles. The molecular weight excluding hydrogens is 324 g/mol. The predicted octanol–water partition coefficient (Wildman–Crippen LogP) is 3.81. The van der Waals surface area contributed by atoms with Crippen LogP contribution in [0.5, 0.6) is 0 Å². The Labute approximate surface area is 125 Å². The van der Waals surface area contributed by atoms with E-state index in [0.29, 0.717) is 29.5 Å². The smallest absolute Gasteiger partial charge is 0.127 e. The molecule has 0 unspecified atom stereocenters. The summed E-state index contributed by atoms with van der Waals surface area (Å²) >= 11 is 3.30. The highest BCUT2D eigenvalue weighted by Crippen LogP contribution is 2.34. The van der Waals surface area contributed by atoms with Crippen molar-refractivity contribution < 1.29 is 8.78 Å². The van der Waals surface area contributed by atoms with Gasteiger partial charge < -0.3 is 5.32 Å². The van der Waals surface area contributed by atoms with Gasteiger partial charge in [-0.15, -0.1) is 0 Å². The van der Waals surface area contributed by atoms with E-state index >= 15 is 0 Å². The molecule has 0 bridgehead atoms. The van der Waals surface area contributed by atoms with Gasteiger partial charge in [-0.25, -0.2) is 8.78 Å². The molecule has 0 atom stereocenters. The molecule has 1 saturated heterocycles. The molecule has 1 heterocycles. The Morgan fingerprint density at radius 3 is 2.45 bits per heavy atom. The lowest BCUT2D eigenvalue weighted by Crippen LogP contribution is -2.58. The number of hydrogen-bond donors (Lipinski definition) is 1. The van der Waals surface area contributed by atoms with Crippen LogP contribution >= 0.6 is 15.9 Å². The lowest BCUT2D eigenvalue weighted by atomic mass is 9.71. The quantitative estimate of drug-likeness (QED) is 0.897. The van der Waals surface area contributed by atoms with Crippen LogP contribution in [0, 0.1) is 11.6 Å². The Kier molecular flexibility index (Phi) is 3.61. The van der Waals surface area contributed by atoms with Crippen molar-refractivity contribution in [2.24, 2.45) is 0 Å². The molecule has 2 aromatic rings. The number of hydrogen-bond acceptors (Lipinski definition) is 1. The van der Waals surface area contributed by atoms with Crippen LogP contribution in [-0.4, -0.2) is 13.1 Å². The highest BCUT2D eigenvalue weighted by molar-refractivity contribution is 9.10. The zero-order chi connectivity index (χ0) is 14.2. The average Bonchev–Trinajstić information content (AvgIpc) is 2.34. The first-order chi connectivity index (χ1) is 9.59. The third kappa shape index (κ3) is 2.50. The number of rotatable bonds is 3. The van der Waals surface area contributed by atoms with E-state index < -0.39 is 0 Å². The summed E-state index contributed by atoms with van der Waals surface area (Å²) in [5.74, 6) is -0.463. The van der Waals surface area contributed by atoms with Crippen molar-refractivity contribution in [3.05, 3.63) is 69.7 Å². The molecule has 0 aromatic heterocycles. The summed E-state index contributed by atoms with van der Waals surface area (Å²) in [5, 5.41) is 3.21. The fourth-order valence-electron chi connectivity index (χ4n) is 2.83. The van der Waals surface area contributed by atoms with Crippen molar-refractivity contribution >= 4 is 15.9 Å². The number of halogens is 3. The maximum atomic E-state index is 14.1. The van der Waals surface area contributed by atoms with E-state index in [4.69, 9.17) is 0 Å². The second-order valence-corrected chi connectivity index (χ2v) is 6.23. The molecule has 20 heavy (non-hydrogen) atoms. The monoisotopic (exact) mass is 337 g/mol. The average molecular weight is 338 g/mol. The lowest BCUT2D eigenvalue weighted by molar-refractivity contribution is 0.265. The molecule has 3 rings (SSSR count). The lowest BCUT2D eigenvalue weighted by Gasteiger charge is -2.43. The van der Waals surface area contributed by atoms with Crippen LogP contribution in [0.3, 0.4) is 0 Å². The molecule has 0 amide bonds. The van der Waals surface area contributed by atoms with Crippen LogP contribution in [-0.2, 0) is 11.8 Å². The minimum atomic E-state index is -0.279. The van der Waals surface area contributed by atoms with Crippen LogP contribution < -0.4 is 5.32 Å². The Hall–Kier alpha value is -1.26. The summed E-state index contributed by atoms with van der Waals surface area (Å²) < 4.78 is 28.3. The van der Waals surface area contributed by atoms with Crippen LogP contribution in [0.25, 0.3) is 0 Å². The standard InChI is InChI=1S/C16H14BrF2N/c17-12-5-11(6-13(18)7-12)8-16(9-20-10-16)14-3-1-2-4-15(14)19/h1-7,20H,8-10H2. The molecule has 1 aliphatic heterocycles. The minimum Gasteiger partial charge on any atom is -0.315 e. The van der Waals surface area contributed by atoms with Gasteiger partial charge in [0.15, 0.2) is 0 Å². The fraction of sp³-hybridized carbons (Fsp3) is 0.250. The summed E-state index contributed by atoms with van der Waals surface area (Å²) in [6.45, 7) is 1.42. The molecule has 0 radical (unpaired) electrons. The molecule has 4 heteroatoms. The van der Waals surface area contributed by atoms with Crippen molar-refractivity contribution in [2.45, 2.75) is 11.8 Å². The van der Waals surface area contributed by atoms with Gasteiger partial charge >= 0.3 is 0 Å². The Morgan fingerprint density at radius 1 is 1.10 bits per heavy atom. The van der Waals surface area contributed by atoms with Gasteiger partial charge in [0.05, 0.1) is 0 Å². The van der Waals surface area contributed by atoms with E-state index in [0.717, 1.165) is 5.56 Å². The zero-order valence-electron chi connectivity index (χ0n) is 10.8. The van der Waals surface area contributed by atoms with Crippen molar-refractivity contribution in [3.63, 3.8) is 0 Å². The molecule has 1 nitrogen and oxygen atoms in total. The zero-order valence-corrected chi connectivity index (χ0v) is 12.4. The molecular formula is C16H14BrF2N. The third-order valence-corrected chi connectivity index (χ3v) is 4.29. The van der Waals surface area contributed by atoms with E-state index in [-0.39, 0.29) is 17.0 Å². The molecule has 0 spiro atoms. The largest absolute Gasteiger partial charge is 0.315 e. The van der Waals surface area contributed by atoms with Crippen LogP contribution in [0.15, 0.2) is 46.9 Å². The minimum absolute atomic E-state index is 0.190. The SMILES string of the molecule is Fc1cc(Br)cc(CC2(c3ccccc3F)CNC2)c1. The number of benzene rings is 2. The summed E-state index contributed by atoms with van der Waals surface area (Å²) in [4.78, 5) is 0. The van der Waals surface area contributed by atoms with E-state index in [1.54, 1.807) is 6.07 Å². The van der Waals surface area contributed by atoms with Gasteiger partial charge in [0.1, 0.15) is 11.6 Å². The molecule has 0 aliphatic carbocycles. The summed E-state index contributed by atoms with van der Waals surface area (Å²) in [5.41, 5.74) is 1.30. The highest BCUT2D eigenvalue weighted by Gasteiger charge is 2.40. The number of nitrogens with one attached hydrogen (secondary N) is 1. The van der Waals surface area contributed by atoms with Gasteiger partial charge in [0.25, 0.3) is 0 Å². The molecule has 1 aliphatic rings. The first kappa shape index (κ1) is 13.7. The van der Waals surface area contributed by atoms with Gasteiger partial charge in [-0.3, -0.25) is 0 Å². The summed E-state index contributed by atoms with van der Waals surface area (Å²) in [6, 6.07) is 11.7. The van der Waals surface area contributed by atoms with Crippen molar-refractivity contribution in [1.82, 2.24) is 5.32 Å². The van der Waals surface area contributed by atoms with Gasteiger partial charge in [-0.2, -0.15) is 0 Å². The molecule has 1 N–H and O–H groups in total. The van der Waals surface area contributed by atoms with Gasteiger partial charge in [-0.1, -0.05) is 34.1 Å². The van der Waals surface area contributed by atoms with Crippen molar-refractivity contribution in [3.8, 4) is 0 Å². The molecule has 2 aromatic carbocycles. The van der Waals surface area contributed by atoms with Crippen LogP contribution in [0.4, 0.5) is 8.78 Å². The Balaban J connectivity index is 1.96. The van der Waals surface area contributed by atoms with Gasteiger partial charge in [0, 0.05) is 23.0 Å². The van der Waals surface area contributed by atoms with Gasteiger partial charge in [0.2, 0.25) is 0 Å². The summed E-state index contributed by atoms with van der Waals surface area (Å²) in [6.07, 6.45) is 0.622. The first-order valence-corrected chi connectivity index (χ1v) is 7.29. The second kappa shape index (κ2) is 5.26.